The van der Waals surface area contributed by atoms with Crippen LogP contribution in [0.4, 0.5) is 0 Å². The molecule has 1 aromatic heterocycles. The van der Waals surface area contributed by atoms with Crippen LogP contribution in [-0.2, 0) is 13.5 Å². The molecule has 1 atom stereocenters. The average Bonchev–Trinajstić information content (AvgIpc) is 3.00. The Morgan fingerprint density at radius 3 is 2.43 bits per heavy atom. The maximum atomic E-state index is 6.11. The van der Waals surface area contributed by atoms with Crippen LogP contribution in [0.3, 0.4) is 0 Å². The molecule has 122 valence electrons. The van der Waals surface area contributed by atoms with Gasteiger partial charge in [0.05, 0.1) is 26.7 Å². The summed E-state index contributed by atoms with van der Waals surface area (Å²) in [5, 5.41) is 0.970. The molecule has 2 heterocycles. The van der Waals surface area contributed by atoms with Gasteiger partial charge >= 0.3 is 5.88 Å². The highest BCUT2D eigenvalue weighted by Crippen LogP contribution is 2.44. The lowest BCUT2D eigenvalue weighted by Crippen LogP contribution is -2.32. The minimum atomic E-state index is -0.0326. The predicted octanol–water partition coefficient (Wildman–Crippen LogP) is 2.57. The molecule has 0 radical (unpaired) electrons. The molecule has 0 amide bonds. The number of ether oxygens (including phenoxy) is 4. The van der Waals surface area contributed by atoms with Crippen molar-refractivity contribution in [3.8, 4) is 23.1 Å². The first-order valence-electron chi connectivity index (χ1n) is 7.49. The highest BCUT2D eigenvalue weighted by Gasteiger charge is 2.38. The van der Waals surface area contributed by atoms with Crippen molar-refractivity contribution in [1.29, 1.82) is 0 Å². The van der Waals surface area contributed by atoms with E-state index in [4.69, 9.17) is 18.9 Å². The standard InChI is InChI=1S/C18H22NO4/c1-10(2)14-9-12-16(21-5)11-7-8-13(20-4)17(22-6)15(11)19(3)18(12)23-14/h7-8,14H,1,9H2,2-6H3/q+1. The fourth-order valence-electron chi connectivity index (χ4n) is 3.19. The van der Waals surface area contributed by atoms with Crippen molar-refractivity contribution in [3.05, 3.63) is 29.8 Å². The molecule has 5 nitrogen and oxygen atoms in total. The van der Waals surface area contributed by atoms with E-state index in [9.17, 15) is 0 Å². The highest BCUT2D eigenvalue weighted by molar-refractivity contribution is 5.91. The van der Waals surface area contributed by atoms with E-state index in [1.165, 1.54) is 0 Å². The smallest absolute Gasteiger partial charge is 0.376 e. The van der Waals surface area contributed by atoms with Gasteiger partial charge in [-0.15, -0.1) is 0 Å². The van der Waals surface area contributed by atoms with E-state index < -0.39 is 0 Å². The molecule has 2 aromatic rings. The summed E-state index contributed by atoms with van der Waals surface area (Å²) in [7, 11) is 6.90. The second kappa shape index (κ2) is 5.65. The molecule has 0 saturated heterocycles. The topological polar surface area (TPSA) is 40.8 Å². The molecule has 5 heteroatoms. The van der Waals surface area contributed by atoms with Crippen molar-refractivity contribution in [3.63, 3.8) is 0 Å². The molecule has 1 aliphatic heterocycles. The number of benzene rings is 1. The first kappa shape index (κ1) is 15.5. The monoisotopic (exact) mass is 316 g/mol. The van der Waals surface area contributed by atoms with Crippen LogP contribution in [0.5, 0.6) is 23.1 Å². The van der Waals surface area contributed by atoms with Gasteiger partial charge in [-0.1, -0.05) is 6.58 Å². The van der Waals surface area contributed by atoms with Crippen LogP contribution in [0, 0.1) is 0 Å². The normalized spacial score (nSPS) is 16.0. The van der Waals surface area contributed by atoms with Crippen LogP contribution in [0.15, 0.2) is 24.3 Å². The summed E-state index contributed by atoms with van der Waals surface area (Å²) < 4.78 is 24.8. The third-order valence-electron chi connectivity index (χ3n) is 4.33. The molecule has 0 spiro atoms. The third-order valence-corrected chi connectivity index (χ3v) is 4.33. The molecule has 0 fully saturated rings. The van der Waals surface area contributed by atoms with Gasteiger partial charge in [-0.25, -0.2) is 0 Å². The zero-order chi connectivity index (χ0) is 16.7. The van der Waals surface area contributed by atoms with Gasteiger partial charge in [0.2, 0.25) is 5.75 Å². The Labute approximate surface area is 136 Å². The molecule has 1 unspecified atom stereocenters. The van der Waals surface area contributed by atoms with Crippen molar-refractivity contribution < 1.29 is 23.5 Å². The van der Waals surface area contributed by atoms with Crippen molar-refractivity contribution in [2.45, 2.75) is 19.4 Å². The second-order valence-corrected chi connectivity index (χ2v) is 5.73. The van der Waals surface area contributed by atoms with E-state index in [-0.39, 0.29) is 6.10 Å². The quantitative estimate of drug-likeness (QED) is 0.642. The predicted molar refractivity (Wildman–Crippen MR) is 87.7 cm³/mol. The largest absolute Gasteiger partial charge is 0.495 e. The number of fused-ring (bicyclic) bond motifs is 2. The van der Waals surface area contributed by atoms with Crippen molar-refractivity contribution in [2.75, 3.05) is 21.3 Å². The van der Waals surface area contributed by atoms with Crippen LogP contribution >= 0.6 is 0 Å². The summed E-state index contributed by atoms with van der Waals surface area (Å²) in [6.45, 7) is 5.99. The number of rotatable bonds is 4. The fraction of sp³-hybridized carbons (Fsp3) is 0.389. The van der Waals surface area contributed by atoms with Crippen LogP contribution in [0.1, 0.15) is 12.5 Å². The lowest BCUT2D eigenvalue weighted by Gasteiger charge is -2.13. The van der Waals surface area contributed by atoms with E-state index in [2.05, 4.69) is 6.58 Å². The van der Waals surface area contributed by atoms with E-state index in [1.807, 2.05) is 30.7 Å². The summed E-state index contributed by atoms with van der Waals surface area (Å²) in [6, 6.07) is 3.88. The van der Waals surface area contributed by atoms with E-state index in [0.717, 1.165) is 40.1 Å². The Morgan fingerprint density at radius 1 is 1.17 bits per heavy atom. The van der Waals surface area contributed by atoms with Gasteiger partial charge in [0.15, 0.2) is 5.75 Å². The van der Waals surface area contributed by atoms with Gasteiger partial charge in [0, 0.05) is 6.42 Å². The lowest BCUT2D eigenvalue weighted by molar-refractivity contribution is -0.651. The first-order valence-corrected chi connectivity index (χ1v) is 7.49. The molecule has 0 aliphatic carbocycles. The summed E-state index contributed by atoms with van der Waals surface area (Å²) in [5.41, 5.74) is 2.93. The molecular weight excluding hydrogens is 294 g/mol. The van der Waals surface area contributed by atoms with Gasteiger partial charge in [0.1, 0.15) is 24.5 Å². The zero-order valence-electron chi connectivity index (χ0n) is 14.2. The Balaban J connectivity index is 2.37. The fourth-order valence-corrected chi connectivity index (χ4v) is 3.19. The molecule has 3 rings (SSSR count). The Bertz CT molecular complexity index is 798. The van der Waals surface area contributed by atoms with Gasteiger partial charge in [-0.05, 0) is 24.6 Å². The van der Waals surface area contributed by atoms with Gasteiger partial charge in [-0.3, -0.25) is 0 Å². The minimum Gasteiger partial charge on any atom is -0.495 e. The van der Waals surface area contributed by atoms with E-state index >= 15 is 0 Å². The van der Waals surface area contributed by atoms with Crippen LogP contribution < -0.4 is 23.5 Å². The molecule has 1 aliphatic rings. The zero-order valence-corrected chi connectivity index (χ0v) is 14.2. The lowest BCUT2D eigenvalue weighted by atomic mass is 10.0. The molecule has 0 N–H and O–H groups in total. The SMILES string of the molecule is C=C(C)C1Cc2c(OC)c3ccc(OC)c(OC)c3[n+](C)c2O1. The summed E-state index contributed by atoms with van der Waals surface area (Å²) in [4.78, 5) is 0. The van der Waals surface area contributed by atoms with Crippen LogP contribution in [0.2, 0.25) is 0 Å². The Hall–Kier alpha value is -2.43. The summed E-state index contributed by atoms with van der Waals surface area (Å²) in [6.07, 6.45) is 0.723. The number of aryl methyl sites for hydroxylation is 1. The van der Waals surface area contributed by atoms with Crippen LogP contribution in [-0.4, -0.2) is 27.4 Å². The number of hydrogen-bond donors (Lipinski definition) is 0. The van der Waals surface area contributed by atoms with Crippen LogP contribution in [0.25, 0.3) is 10.9 Å². The highest BCUT2D eigenvalue weighted by atomic mass is 16.5. The molecule has 0 bridgehead atoms. The molecule has 0 saturated carbocycles. The number of pyridine rings is 1. The Morgan fingerprint density at radius 2 is 1.87 bits per heavy atom. The van der Waals surface area contributed by atoms with E-state index in [0.29, 0.717) is 11.5 Å². The molecular formula is C18H22NO4+. The Kier molecular flexibility index (Phi) is 3.80. The van der Waals surface area contributed by atoms with Crippen molar-refractivity contribution >= 4 is 10.9 Å². The van der Waals surface area contributed by atoms with Gasteiger partial charge in [0.25, 0.3) is 5.52 Å². The number of hydrogen-bond acceptors (Lipinski definition) is 4. The molecule has 1 aromatic carbocycles. The number of nitrogens with zero attached hydrogens (tertiary/aromatic N) is 1. The third kappa shape index (κ3) is 2.19. The maximum Gasteiger partial charge on any atom is 0.376 e. The van der Waals surface area contributed by atoms with Gasteiger partial charge in [-0.2, -0.15) is 4.57 Å². The first-order chi connectivity index (χ1) is 11.0. The molecule has 23 heavy (non-hydrogen) atoms. The number of aromatic nitrogens is 1. The van der Waals surface area contributed by atoms with Crippen molar-refractivity contribution in [1.82, 2.24) is 0 Å². The van der Waals surface area contributed by atoms with Gasteiger partial charge < -0.3 is 18.9 Å². The van der Waals surface area contributed by atoms with E-state index in [1.54, 1.807) is 21.3 Å². The average molecular weight is 316 g/mol. The number of methoxy groups -OCH3 is 3. The second-order valence-electron chi connectivity index (χ2n) is 5.73. The maximum absolute atomic E-state index is 6.11. The summed E-state index contributed by atoms with van der Waals surface area (Å²) in [5.74, 6) is 2.94. The van der Waals surface area contributed by atoms with Crippen molar-refractivity contribution in [2.24, 2.45) is 7.05 Å². The summed E-state index contributed by atoms with van der Waals surface area (Å²) >= 11 is 0. The minimum absolute atomic E-state index is 0.0326.